The van der Waals surface area contributed by atoms with E-state index in [1.807, 2.05) is 0 Å². The minimum absolute atomic E-state index is 0. The van der Waals surface area contributed by atoms with Crippen molar-refractivity contribution in [3.05, 3.63) is 0 Å². The molecule has 4 heteroatoms. The van der Waals surface area contributed by atoms with Crippen LogP contribution in [-0.2, 0) is 17.1 Å². The van der Waals surface area contributed by atoms with Crippen LogP contribution in [-0.4, -0.2) is 37.7 Å². The summed E-state index contributed by atoms with van der Waals surface area (Å²) in [6, 6.07) is 0. The average Bonchev–Trinajstić information content (AvgIpc) is 0. The maximum Gasteiger partial charge on any atom is 0 e. The monoisotopic (exact) mass is 295 g/mol. The summed E-state index contributed by atoms with van der Waals surface area (Å²) < 4.78 is 0. The summed E-state index contributed by atoms with van der Waals surface area (Å²) in [5.74, 6) is 0. The molecule has 3 radical (unpaired) electrons. The van der Waals surface area contributed by atoms with E-state index in [1.165, 1.54) is 0 Å². The zero-order chi connectivity index (χ0) is 0. The van der Waals surface area contributed by atoms with Crippen LogP contribution in [0.25, 0.3) is 0 Å². The van der Waals surface area contributed by atoms with Gasteiger partial charge in [-0.2, -0.15) is 13.5 Å². The predicted molar refractivity (Wildman–Crippen MR) is 16.1 cm³/mol. The molecule has 0 saturated heterocycles. The van der Waals surface area contributed by atoms with E-state index < -0.39 is 0 Å². The quantitative estimate of drug-likeness (QED) is 0.540. The Bertz CT molecular complexity index is 8.00. The van der Waals surface area contributed by atoms with Crippen LogP contribution in [0.3, 0.4) is 0 Å². The smallest absolute Gasteiger partial charge is 0 e. The van der Waals surface area contributed by atoms with Crippen LogP contribution in [0.1, 0.15) is 0 Å². The Morgan fingerprint density at radius 2 is 1.00 bits per heavy atom. The Kier molecular flexibility index (Phi) is 106. The van der Waals surface area contributed by atoms with Gasteiger partial charge in [0.2, 0.25) is 0 Å². The Morgan fingerprint density at radius 1 is 1.00 bits per heavy atom. The van der Waals surface area contributed by atoms with Crippen LogP contribution < -0.4 is 0 Å². The number of rotatable bonds is 0. The predicted octanol–water partition coefficient (Wildman–Crippen LogP) is -0.271. The second-order valence-corrected chi connectivity index (χ2v) is 0. The van der Waals surface area contributed by atoms with Crippen molar-refractivity contribution < 1.29 is 54.4 Å². The van der Waals surface area contributed by atoms with Crippen LogP contribution in [0, 0.1) is 37.3 Å². The molecule has 0 aromatic rings. The summed E-state index contributed by atoms with van der Waals surface area (Å²) in [4.78, 5) is 0. The molecular formula is H2CaErMnS. The Morgan fingerprint density at radius 3 is 1.00 bits per heavy atom. The zero-order valence-corrected chi connectivity index (χ0v) is 8.11. The molecule has 0 fully saturated rings. The summed E-state index contributed by atoms with van der Waals surface area (Å²) in [5.41, 5.74) is 0. The van der Waals surface area contributed by atoms with E-state index in [2.05, 4.69) is 0 Å². The van der Waals surface area contributed by atoms with Crippen molar-refractivity contribution in [1.82, 2.24) is 0 Å². The number of hydrogen-bond donors (Lipinski definition) is 0. The first kappa shape index (κ1) is 26.3. The van der Waals surface area contributed by atoms with Gasteiger partial charge in [0, 0.05) is 92.1 Å². The van der Waals surface area contributed by atoms with Crippen molar-refractivity contribution in [3.63, 3.8) is 0 Å². The molecule has 0 aromatic carbocycles. The van der Waals surface area contributed by atoms with Crippen molar-refractivity contribution in [1.29, 1.82) is 0 Å². The van der Waals surface area contributed by atoms with E-state index in [1.54, 1.807) is 0 Å². The van der Waals surface area contributed by atoms with Crippen molar-refractivity contribution in [3.8, 4) is 0 Å². The van der Waals surface area contributed by atoms with Gasteiger partial charge in [0.1, 0.15) is 0 Å². The molecule has 0 saturated carbocycles. The third-order valence-electron chi connectivity index (χ3n) is 0. The van der Waals surface area contributed by atoms with Crippen LogP contribution in [0.15, 0.2) is 0 Å². The van der Waals surface area contributed by atoms with E-state index >= 15 is 0 Å². The third kappa shape index (κ3) is 9.03. The van der Waals surface area contributed by atoms with E-state index in [4.69, 9.17) is 0 Å². The Labute approximate surface area is 103 Å². The molecule has 0 aliphatic carbocycles. The van der Waals surface area contributed by atoms with Crippen molar-refractivity contribution in [2.75, 3.05) is 0 Å². The van der Waals surface area contributed by atoms with Crippen molar-refractivity contribution in [2.45, 2.75) is 0 Å². The van der Waals surface area contributed by atoms with Crippen LogP contribution >= 0.6 is 13.5 Å². The first-order valence-corrected chi connectivity index (χ1v) is 0. The summed E-state index contributed by atoms with van der Waals surface area (Å²) in [6.07, 6.45) is 0. The van der Waals surface area contributed by atoms with Gasteiger partial charge in [-0.3, -0.25) is 0 Å². The molecule has 0 aliphatic rings. The molecule has 29 valence electrons. The molecule has 4 heavy (non-hydrogen) atoms. The standard InChI is InChI=1S/Ca.Er.Mn.H2S/h;;;1H2. The van der Waals surface area contributed by atoms with Crippen molar-refractivity contribution in [2.24, 2.45) is 0 Å². The minimum Gasteiger partial charge on any atom is -0.197 e. The van der Waals surface area contributed by atoms with Gasteiger partial charge in [-0.1, -0.05) is 0 Å². The van der Waals surface area contributed by atoms with Crippen LogP contribution in [0.5, 0.6) is 0 Å². The fraction of sp³-hybridized carbons (Fsp3) is 0. The number of hydrogen-bond acceptors (Lipinski definition) is 0. The van der Waals surface area contributed by atoms with Crippen molar-refractivity contribution >= 4 is 51.2 Å². The largest absolute Gasteiger partial charge is 0.197 e. The second kappa shape index (κ2) is 16.2. The molecule has 0 N–H and O–H groups in total. The van der Waals surface area contributed by atoms with E-state index in [-0.39, 0.29) is 106 Å². The maximum atomic E-state index is 0. The van der Waals surface area contributed by atoms with Crippen LogP contribution in [0.2, 0.25) is 0 Å². The van der Waals surface area contributed by atoms with Gasteiger partial charge in [0.15, 0.2) is 0 Å². The van der Waals surface area contributed by atoms with E-state index in [9.17, 15) is 0 Å². The molecule has 0 aliphatic heterocycles. The Balaban J connectivity index is 0. The van der Waals surface area contributed by atoms with Gasteiger partial charge < -0.3 is 0 Å². The summed E-state index contributed by atoms with van der Waals surface area (Å²) in [7, 11) is 0. The van der Waals surface area contributed by atoms with Gasteiger partial charge in [0.25, 0.3) is 0 Å². The molecular weight excluding hydrogens is 294 g/mol. The summed E-state index contributed by atoms with van der Waals surface area (Å²) in [6.45, 7) is 0. The molecule has 0 heterocycles. The maximum absolute atomic E-state index is 0. The van der Waals surface area contributed by atoms with E-state index in [0.717, 1.165) is 0 Å². The normalized spacial score (nSPS) is 0. The molecule has 0 aromatic heterocycles. The first-order chi connectivity index (χ1) is 0. The Hall–Kier alpha value is 3.38. The topological polar surface area (TPSA) is 0 Å². The molecule has 0 nitrogen and oxygen atoms in total. The SMILES string of the molecule is S.[Ca].[Er].[Mn]. The molecule has 0 atom stereocenters. The fourth-order valence-corrected chi connectivity index (χ4v) is 0. The van der Waals surface area contributed by atoms with Gasteiger partial charge in [0.05, 0.1) is 0 Å². The molecule has 0 amide bonds. The summed E-state index contributed by atoms with van der Waals surface area (Å²) in [5, 5.41) is 0. The molecule has 0 unspecified atom stereocenters. The fourth-order valence-electron chi connectivity index (χ4n) is 0. The van der Waals surface area contributed by atoms with Gasteiger partial charge in [-0.15, -0.1) is 0 Å². The first-order valence-electron chi connectivity index (χ1n) is 0. The average molecular weight is 296 g/mol. The zero-order valence-electron chi connectivity index (χ0n) is 1.87. The molecule has 0 spiro atoms. The second-order valence-electron chi connectivity index (χ2n) is 0. The van der Waals surface area contributed by atoms with E-state index in [0.29, 0.717) is 0 Å². The van der Waals surface area contributed by atoms with Gasteiger partial charge in [-0.25, -0.2) is 0 Å². The molecule has 0 bridgehead atoms. The van der Waals surface area contributed by atoms with Gasteiger partial charge >= 0.3 is 0 Å². The third-order valence-corrected chi connectivity index (χ3v) is 0. The minimum atomic E-state index is 0. The summed E-state index contributed by atoms with van der Waals surface area (Å²) >= 11 is 0. The van der Waals surface area contributed by atoms with Gasteiger partial charge in [-0.05, 0) is 0 Å². The molecule has 0 rings (SSSR count). The van der Waals surface area contributed by atoms with Crippen LogP contribution in [0.4, 0.5) is 0 Å².